The zero-order chi connectivity index (χ0) is 20.4. The van der Waals surface area contributed by atoms with E-state index in [-0.39, 0.29) is 18.4 Å². The maximum Gasteiger partial charge on any atom is 0.238 e. The van der Waals surface area contributed by atoms with Crippen LogP contribution in [0, 0.1) is 0 Å². The molecule has 0 radical (unpaired) electrons. The van der Waals surface area contributed by atoms with Crippen LogP contribution < -0.4 is 16.0 Å². The van der Waals surface area contributed by atoms with Crippen LogP contribution in [0.3, 0.4) is 0 Å². The Kier molecular flexibility index (Phi) is 5.31. The molecule has 1 fully saturated rings. The number of nitrogens with two attached hydrogens (primary N) is 1. The number of fused-ring (bicyclic) bond motifs is 1. The van der Waals surface area contributed by atoms with Crippen LogP contribution in [0.4, 0.5) is 11.4 Å². The lowest BCUT2D eigenvalue weighted by atomic mass is 9.93. The minimum atomic E-state index is -0.510. The minimum absolute atomic E-state index is 0.0643. The maximum absolute atomic E-state index is 12.7. The van der Waals surface area contributed by atoms with Gasteiger partial charge in [-0.3, -0.25) is 19.3 Å². The topological polar surface area (TPSA) is 95.7 Å². The first-order chi connectivity index (χ1) is 14.0. The number of rotatable bonds is 5. The van der Waals surface area contributed by atoms with E-state index in [1.165, 1.54) is 0 Å². The second-order valence-corrected chi connectivity index (χ2v) is 7.54. The number of primary amides is 1. The zero-order valence-electron chi connectivity index (χ0n) is 16.1. The Morgan fingerprint density at radius 2 is 1.90 bits per heavy atom. The number of nitrogens with zero attached hydrogens (tertiary/aromatic N) is 2. The molecule has 0 unspecified atom stereocenters. The predicted molar refractivity (Wildman–Crippen MR) is 110 cm³/mol. The van der Waals surface area contributed by atoms with Crippen molar-refractivity contribution in [2.24, 2.45) is 5.73 Å². The summed E-state index contributed by atoms with van der Waals surface area (Å²) < 4.78 is 0. The highest BCUT2D eigenvalue weighted by molar-refractivity contribution is 5.97. The molecule has 7 nitrogen and oxygen atoms in total. The molecule has 2 heterocycles. The average molecular weight is 392 g/mol. The quantitative estimate of drug-likeness (QED) is 0.809. The molecular formula is C22H24N4O3. The summed E-state index contributed by atoms with van der Waals surface area (Å²) in [6, 6.07) is 14.7. The second-order valence-electron chi connectivity index (χ2n) is 7.54. The van der Waals surface area contributed by atoms with Gasteiger partial charge in [-0.05, 0) is 42.2 Å². The van der Waals surface area contributed by atoms with E-state index in [4.69, 9.17) is 5.73 Å². The van der Waals surface area contributed by atoms with E-state index < -0.39 is 11.9 Å². The summed E-state index contributed by atoms with van der Waals surface area (Å²) >= 11 is 0. The summed E-state index contributed by atoms with van der Waals surface area (Å²) in [5, 5.41) is 2.88. The Balaban J connectivity index is 1.45. The first-order valence-corrected chi connectivity index (χ1v) is 9.81. The summed E-state index contributed by atoms with van der Waals surface area (Å²) in [7, 11) is 0. The molecule has 0 saturated carbocycles. The lowest BCUT2D eigenvalue weighted by molar-refractivity contribution is -0.125. The Morgan fingerprint density at radius 1 is 1.10 bits per heavy atom. The van der Waals surface area contributed by atoms with Gasteiger partial charge in [0, 0.05) is 30.9 Å². The van der Waals surface area contributed by atoms with Gasteiger partial charge in [0.1, 0.15) is 0 Å². The molecule has 0 bridgehead atoms. The van der Waals surface area contributed by atoms with Crippen molar-refractivity contribution in [1.82, 2.24) is 4.90 Å². The van der Waals surface area contributed by atoms with Crippen molar-refractivity contribution >= 4 is 29.1 Å². The van der Waals surface area contributed by atoms with E-state index in [2.05, 4.69) is 5.32 Å². The lowest BCUT2D eigenvalue weighted by Crippen LogP contribution is -2.50. The van der Waals surface area contributed by atoms with Crippen molar-refractivity contribution < 1.29 is 14.4 Å². The molecule has 0 aliphatic carbocycles. The van der Waals surface area contributed by atoms with Crippen molar-refractivity contribution in [1.29, 1.82) is 0 Å². The molecule has 0 spiro atoms. The predicted octanol–water partition coefficient (Wildman–Crippen LogP) is 1.66. The number of nitrogens with one attached hydrogen (secondary N) is 1. The highest BCUT2D eigenvalue weighted by Crippen LogP contribution is 2.25. The summed E-state index contributed by atoms with van der Waals surface area (Å²) in [6.07, 6.45) is 1.91. The standard InChI is InChI=1S/C22H24N4O3/c23-22(29)19-11-15-5-1-2-6-16(15)13-25(19)14-20(27)24-17-7-3-8-18(12-17)26-10-4-9-21(26)28/h1-3,5-8,12,19H,4,9-11,13-14H2,(H2,23,29)(H,24,27)/t19-/m1/s1. The molecule has 7 heteroatoms. The molecule has 1 saturated heterocycles. The van der Waals surface area contributed by atoms with Crippen LogP contribution in [0.2, 0.25) is 0 Å². The van der Waals surface area contributed by atoms with E-state index in [1.54, 1.807) is 17.0 Å². The van der Waals surface area contributed by atoms with Gasteiger partial charge in [-0.1, -0.05) is 30.3 Å². The van der Waals surface area contributed by atoms with Gasteiger partial charge in [-0.2, -0.15) is 0 Å². The monoisotopic (exact) mass is 392 g/mol. The number of benzene rings is 2. The van der Waals surface area contributed by atoms with E-state index in [0.717, 1.165) is 23.2 Å². The number of hydrogen-bond donors (Lipinski definition) is 2. The molecule has 4 rings (SSSR count). The van der Waals surface area contributed by atoms with Gasteiger partial charge >= 0.3 is 0 Å². The van der Waals surface area contributed by atoms with Gasteiger partial charge in [0.2, 0.25) is 17.7 Å². The zero-order valence-corrected chi connectivity index (χ0v) is 16.1. The van der Waals surface area contributed by atoms with Crippen molar-refractivity contribution in [2.45, 2.75) is 31.8 Å². The van der Waals surface area contributed by atoms with Gasteiger partial charge < -0.3 is 16.0 Å². The Labute approximate surface area is 169 Å². The van der Waals surface area contributed by atoms with Gasteiger partial charge in [-0.25, -0.2) is 0 Å². The Morgan fingerprint density at radius 3 is 2.62 bits per heavy atom. The molecule has 1 atom stereocenters. The molecule has 3 amide bonds. The SMILES string of the molecule is NC(=O)[C@H]1Cc2ccccc2CN1CC(=O)Nc1cccc(N2CCCC2=O)c1. The van der Waals surface area contributed by atoms with E-state index >= 15 is 0 Å². The number of carbonyl (C=O) groups is 3. The number of amides is 3. The summed E-state index contributed by atoms with van der Waals surface area (Å²) in [6.45, 7) is 1.26. The van der Waals surface area contributed by atoms with Gasteiger partial charge in [0.25, 0.3) is 0 Å². The van der Waals surface area contributed by atoms with Gasteiger partial charge in [-0.15, -0.1) is 0 Å². The Hall–Kier alpha value is -3.19. The molecule has 0 aromatic heterocycles. The van der Waals surface area contributed by atoms with Crippen LogP contribution in [-0.4, -0.2) is 41.8 Å². The molecule has 29 heavy (non-hydrogen) atoms. The van der Waals surface area contributed by atoms with Crippen molar-refractivity contribution in [3.05, 3.63) is 59.7 Å². The van der Waals surface area contributed by atoms with Crippen LogP contribution in [-0.2, 0) is 27.3 Å². The highest BCUT2D eigenvalue weighted by Gasteiger charge is 2.31. The largest absolute Gasteiger partial charge is 0.368 e. The van der Waals surface area contributed by atoms with Crippen LogP contribution in [0.25, 0.3) is 0 Å². The molecule has 2 aromatic rings. The fourth-order valence-corrected chi connectivity index (χ4v) is 4.08. The lowest BCUT2D eigenvalue weighted by Gasteiger charge is -2.34. The second kappa shape index (κ2) is 8.05. The molecular weight excluding hydrogens is 368 g/mol. The van der Waals surface area contributed by atoms with E-state index in [1.807, 2.05) is 41.3 Å². The average Bonchev–Trinajstić information content (AvgIpc) is 3.13. The third-order valence-electron chi connectivity index (χ3n) is 5.54. The van der Waals surface area contributed by atoms with Crippen molar-refractivity contribution in [3.8, 4) is 0 Å². The van der Waals surface area contributed by atoms with Crippen molar-refractivity contribution in [3.63, 3.8) is 0 Å². The molecule has 150 valence electrons. The molecule has 3 N–H and O–H groups in total. The number of carbonyl (C=O) groups excluding carboxylic acids is 3. The normalized spacial score (nSPS) is 19.1. The van der Waals surface area contributed by atoms with E-state index in [0.29, 0.717) is 31.6 Å². The van der Waals surface area contributed by atoms with Gasteiger partial charge in [0.15, 0.2) is 0 Å². The Bertz CT molecular complexity index is 959. The number of hydrogen-bond acceptors (Lipinski definition) is 4. The molecule has 2 aliphatic rings. The third kappa shape index (κ3) is 4.14. The van der Waals surface area contributed by atoms with Crippen LogP contribution in [0.5, 0.6) is 0 Å². The van der Waals surface area contributed by atoms with E-state index in [9.17, 15) is 14.4 Å². The minimum Gasteiger partial charge on any atom is -0.368 e. The van der Waals surface area contributed by atoms with Gasteiger partial charge in [0.05, 0.1) is 12.6 Å². The fourth-order valence-electron chi connectivity index (χ4n) is 4.08. The summed E-state index contributed by atoms with van der Waals surface area (Å²) in [5.74, 6) is -0.549. The third-order valence-corrected chi connectivity index (χ3v) is 5.54. The summed E-state index contributed by atoms with van der Waals surface area (Å²) in [5.41, 5.74) is 9.20. The van der Waals surface area contributed by atoms with Crippen LogP contribution in [0.1, 0.15) is 24.0 Å². The highest BCUT2D eigenvalue weighted by atomic mass is 16.2. The van der Waals surface area contributed by atoms with Crippen LogP contribution >= 0.6 is 0 Å². The maximum atomic E-state index is 12.7. The smallest absolute Gasteiger partial charge is 0.238 e. The number of anilines is 2. The van der Waals surface area contributed by atoms with Crippen LogP contribution in [0.15, 0.2) is 48.5 Å². The summed E-state index contributed by atoms with van der Waals surface area (Å²) in [4.78, 5) is 40.1. The first kappa shape index (κ1) is 19.1. The molecule has 2 aliphatic heterocycles. The van der Waals surface area contributed by atoms with Crippen molar-refractivity contribution in [2.75, 3.05) is 23.3 Å². The fraction of sp³-hybridized carbons (Fsp3) is 0.318. The first-order valence-electron chi connectivity index (χ1n) is 9.81. The molecule has 2 aromatic carbocycles.